The minimum atomic E-state index is -0.244. The first-order valence-corrected chi connectivity index (χ1v) is 8.37. The van der Waals surface area contributed by atoms with Gasteiger partial charge in [-0.3, -0.25) is 9.79 Å². The van der Waals surface area contributed by atoms with Crippen molar-refractivity contribution in [3.8, 4) is 0 Å². The Bertz CT molecular complexity index is 778. The molecule has 146 valence electrons. The highest BCUT2D eigenvalue weighted by Gasteiger charge is 2.09. The maximum Gasteiger partial charge on any atom is 0.253 e. The molecule has 2 aromatic carbocycles. The van der Waals surface area contributed by atoms with E-state index in [1.807, 2.05) is 42.3 Å². The lowest BCUT2D eigenvalue weighted by molar-refractivity contribution is 0.0827. The molecule has 2 aromatic rings. The second-order valence-corrected chi connectivity index (χ2v) is 6.28. The molecule has 0 saturated heterocycles. The number of amides is 1. The van der Waals surface area contributed by atoms with Crippen LogP contribution in [0.5, 0.6) is 0 Å². The third-order valence-electron chi connectivity index (χ3n) is 3.94. The zero-order valence-corrected chi connectivity index (χ0v) is 18.4. The molecule has 1 N–H and O–H groups in total. The number of rotatable bonds is 5. The quantitative estimate of drug-likeness (QED) is 0.403. The molecule has 0 spiro atoms. The van der Waals surface area contributed by atoms with E-state index in [0.29, 0.717) is 24.6 Å². The van der Waals surface area contributed by atoms with Crippen molar-refractivity contribution < 1.29 is 9.18 Å². The highest BCUT2D eigenvalue weighted by molar-refractivity contribution is 14.0. The molecule has 0 atom stereocenters. The summed E-state index contributed by atoms with van der Waals surface area (Å²) in [5.74, 6) is 0.448. The summed E-state index contributed by atoms with van der Waals surface area (Å²) in [5, 5.41) is 3.28. The normalized spacial score (nSPS) is 10.8. The second-order valence-electron chi connectivity index (χ2n) is 6.28. The van der Waals surface area contributed by atoms with Gasteiger partial charge in [-0.05, 0) is 35.4 Å². The first-order chi connectivity index (χ1) is 12.4. The zero-order valence-electron chi connectivity index (χ0n) is 16.1. The molecule has 0 bridgehead atoms. The number of guanidine groups is 1. The third-order valence-corrected chi connectivity index (χ3v) is 3.94. The fourth-order valence-electron chi connectivity index (χ4n) is 2.57. The fraction of sp³-hybridized carbons (Fsp3) is 0.300. The lowest BCUT2D eigenvalue weighted by atomic mass is 10.1. The lowest BCUT2D eigenvalue weighted by Crippen LogP contribution is -2.38. The molecule has 7 heteroatoms. The average molecular weight is 484 g/mol. The Morgan fingerprint density at radius 2 is 1.74 bits per heavy atom. The van der Waals surface area contributed by atoms with Gasteiger partial charge >= 0.3 is 0 Å². The molecule has 0 heterocycles. The monoisotopic (exact) mass is 484 g/mol. The minimum Gasteiger partial charge on any atom is -0.352 e. The molecule has 0 aliphatic rings. The smallest absolute Gasteiger partial charge is 0.253 e. The van der Waals surface area contributed by atoms with Gasteiger partial charge in [0.05, 0.1) is 0 Å². The van der Waals surface area contributed by atoms with E-state index in [1.54, 1.807) is 32.1 Å². The maximum atomic E-state index is 13.3. The average Bonchev–Trinajstić information content (AvgIpc) is 2.62. The van der Waals surface area contributed by atoms with Crippen LogP contribution in [-0.4, -0.2) is 49.9 Å². The van der Waals surface area contributed by atoms with Crippen LogP contribution in [0.1, 0.15) is 21.5 Å². The number of hydrogen-bond acceptors (Lipinski definition) is 2. The number of nitrogens with one attached hydrogen (secondary N) is 1. The van der Waals surface area contributed by atoms with E-state index in [0.717, 1.165) is 11.1 Å². The van der Waals surface area contributed by atoms with Gasteiger partial charge in [-0.15, -0.1) is 24.0 Å². The summed E-state index contributed by atoms with van der Waals surface area (Å²) >= 11 is 0. The number of halogens is 2. The Labute approximate surface area is 177 Å². The van der Waals surface area contributed by atoms with Crippen molar-refractivity contribution in [3.63, 3.8) is 0 Å². The Morgan fingerprint density at radius 3 is 2.30 bits per heavy atom. The summed E-state index contributed by atoms with van der Waals surface area (Å²) in [6.07, 6.45) is 0. The van der Waals surface area contributed by atoms with Crippen LogP contribution < -0.4 is 5.32 Å². The van der Waals surface area contributed by atoms with Crippen LogP contribution in [0.4, 0.5) is 4.39 Å². The summed E-state index contributed by atoms with van der Waals surface area (Å²) in [4.78, 5) is 19.7. The predicted octanol–water partition coefficient (Wildman–Crippen LogP) is 3.35. The van der Waals surface area contributed by atoms with Crippen LogP contribution in [0.25, 0.3) is 0 Å². The number of hydrogen-bond donors (Lipinski definition) is 1. The third kappa shape index (κ3) is 6.82. The van der Waals surface area contributed by atoms with Crippen molar-refractivity contribution in [3.05, 3.63) is 71.0 Å². The van der Waals surface area contributed by atoms with Crippen LogP contribution in [-0.2, 0) is 13.1 Å². The first-order valence-electron chi connectivity index (χ1n) is 8.37. The van der Waals surface area contributed by atoms with E-state index in [-0.39, 0.29) is 35.7 Å². The van der Waals surface area contributed by atoms with Crippen LogP contribution in [0.15, 0.2) is 53.5 Å². The summed E-state index contributed by atoms with van der Waals surface area (Å²) in [7, 11) is 7.08. The summed E-state index contributed by atoms with van der Waals surface area (Å²) < 4.78 is 13.3. The molecule has 0 radical (unpaired) electrons. The molecule has 0 aromatic heterocycles. The van der Waals surface area contributed by atoms with Gasteiger partial charge in [0.1, 0.15) is 5.82 Å². The fourth-order valence-corrected chi connectivity index (χ4v) is 2.57. The van der Waals surface area contributed by atoms with Crippen molar-refractivity contribution in [1.82, 2.24) is 15.1 Å². The van der Waals surface area contributed by atoms with E-state index in [1.165, 1.54) is 12.1 Å². The molecule has 1 amide bonds. The summed E-state index contributed by atoms with van der Waals surface area (Å²) in [6, 6.07) is 14.0. The SMILES string of the molecule is CN=C(NCc1ccc(C(=O)N(C)C)cc1)N(C)Cc1cccc(F)c1.I. The topological polar surface area (TPSA) is 47.9 Å². The molecule has 0 aliphatic heterocycles. The Kier molecular flexibility index (Phi) is 9.20. The number of carbonyl (C=O) groups excluding carboxylic acids is 1. The molecule has 0 saturated carbocycles. The van der Waals surface area contributed by atoms with Crippen LogP contribution >= 0.6 is 24.0 Å². The van der Waals surface area contributed by atoms with Crippen molar-refractivity contribution in [2.75, 3.05) is 28.2 Å². The number of benzene rings is 2. The van der Waals surface area contributed by atoms with Crippen molar-refractivity contribution in [2.24, 2.45) is 4.99 Å². The number of carbonyl (C=O) groups is 1. The maximum absolute atomic E-state index is 13.3. The Hall–Kier alpha value is -2.16. The van der Waals surface area contributed by atoms with E-state index >= 15 is 0 Å². The predicted molar refractivity (Wildman–Crippen MR) is 118 cm³/mol. The van der Waals surface area contributed by atoms with Gasteiger partial charge in [0, 0.05) is 46.8 Å². The van der Waals surface area contributed by atoms with Crippen molar-refractivity contribution >= 4 is 35.8 Å². The van der Waals surface area contributed by atoms with Crippen molar-refractivity contribution in [1.29, 1.82) is 0 Å². The van der Waals surface area contributed by atoms with E-state index < -0.39 is 0 Å². The van der Waals surface area contributed by atoms with Gasteiger partial charge in [-0.2, -0.15) is 0 Å². The second kappa shape index (κ2) is 10.9. The molecule has 5 nitrogen and oxygen atoms in total. The molecule has 0 fully saturated rings. The van der Waals surface area contributed by atoms with Gasteiger partial charge in [0.25, 0.3) is 5.91 Å². The van der Waals surface area contributed by atoms with Gasteiger partial charge < -0.3 is 15.1 Å². The highest BCUT2D eigenvalue weighted by Crippen LogP contribution is 2.08. The standard InChI is InChI=1S/C20H25FN4O.HI/c1-22-20(25(4)14-16-6-5-7-18(21)12-16)23-13-15-8-10-17(11-9-15)19(26)24(2)3;/h5-12H,13-14H2,1-4H3,(H,22,23);1H. The van der Waals surface area contributed by atoms with E-state index in [4.69, 9.17) is 0 Å². The van der Waals surface area contributed by atoms with Gasteiger partial charge in [0.2, 0.25) is 0 Å². The van der Waals surface area contributed by atoms with Crippen LogP contribution in [0, 0.1) is 5.82 Å². The van der Waals surface area contributed by atoms with Crippen LogP contribution in [0.3, 0.4) is 0 Å². The largest absolute Gasteiger partial charge is 0.352 e. The van der Waals surface area contributed by atoms with Gasteiger partial charge in [0.15, 0.2) is 5.96 Å². The summed E-state index contributed by atoms with van der Waals surface area (Å²) in [6.45, 7) is 1.13. The molecule has 0 unspecified atom stereocenters. The number of aliphatic imine (C=N–C) groups is 1. The molecule has 2 rings (SSSR count). The van der Waals surface area contributed by atoms with Crippen molar-refractivity contribution in [2.45, 2.75) is 13.1 Å². The minimum absolute atomic E-state index is 0. The first kappa shape index (κ1) is 22.9. The Balaban J connectivity index is 0.00000364. The molecule has 0 aliphatic carbocycles. The van der Waals surface area contributed by atoms with Crippen LogP contribution in [0.2, 0.25) is 0 Å². The zero-order chi connectivity index (χ0) is 19.1. The molecule has 27 heavy (non-hydrogen) atoms. The lowest BCUT2D eigenvalue weighted by Gasteiger charge is -2.22. The van der Waals surface area contributed by atoms with E-state index in [9.17, 15) is 9.18 Å². The highest BCUT2D eigenvalue weighted by atomic mass is 127. The molecular weight excluding hydrogens is 458 g/mol. The number of nitrogens with zero attached hydrogens (tertiary/aromatic N) is 3. The van der Waals surface area contributed by atoms with Gasteiger partial charge in [-0.1, -0.05) is 24.3 Å². The Morgan fingerprint density at radius 1 is 1.07 bits per heavy atom. The van der Waals surface area contributed by atoms with E-state index in [2.05, 4.69) is 10.3 Å². The summed E-state index contributed by atoms with van der Waals surface area (Å²) in [5.41, 5.74) is 2.58. The van der Waals surface area contributed by atoms with Gasteiger partial charge in [-0.25, -0.2) is 4.39 Å². The molecular formula is C20H26FIN4O.